The predicted octanol–water partition coefficient (Wildman–Crippen LogP) is 3.44. The van der Waals surface area contributed by atoms with Gasteiger partial charge in [0.2, 0.25) is 0 Å². The molecule has 2 nitrogen and oxygen atoms in total. The molecule has 0 radical (unpaired) electrons. The molecule has 2 aromatic carbocycles. The van der Waals surface area contributed by atoms with E-state index in [2.05, 4.69) is 0 Å². The standard InChI is InChI=1S/C14H8ClNO/c15-13-4-2-1-3-12(13)14(17)11-7-5-10(9-16)6-8-11/h1-8H. The summed E-state index contributed by atoms with van der Waals surface area (Å²) in [6, 6.07) is 15.4. The maximum Gasteiger partial charge on any atom is 0.194 e. The van der Waals surface area contributed by atoms with E-state index in [1.807, 2.05) is 6.07 Å². The topological polar surface area (TPSA) is 40.9 Å². The summed E-state index contributed by atoms with van der Waals surface area (Å²) in [5.74, 6) is -0.139. The first-order valence-electron chi connectivity index (χ1n) is 5.02. The van der Waals surface area contributed by atoms with E-state index in [9.17, 15) is 4.79 Å². The minimum atomic E-state index is -0.139. The first-order chi connectivity index (χ1) is 8.22. The monoisotopic (exact) mass is 241 g/mol. The third kappa shape index (κ3) is 2.35. The summed E-state index contributed by atoms with van der Waals surface area (Å²) in [5.41, 5.74) is 1.52. The third-order valence-corrected chi connectivity index (χ3v) is 2.72. The molecule has 0 saturated heterocycles. The quantitative estimate of drug-likeness (QED) is 0.756. The number of rotatable bonds is 2. The van der Waals surface area contributed by atoms with E-state index in [1.54, 1.807) is 48.5 Å². The maximum absolute atomic E-state index is 12.1. The van der Waals surface area contributed by atoms with E-state index < -0.39 is 0 Å². The highest BCUT2D eigenvalue weighted by atomic mass is 35.5. The molecule has 0 bridgehead atoms. The van der Waals surface area contributed by atoms with Crippen molar-refractivity contribution in [3.63, 3.8) is 0 Å². The number of benzene rings is 2. The molecule has 3 heteroatoms. The average Bonchev–Trinajstić information content (AvgIpc) is 2.39. The summed E-state index contributed by atoms with van der Waals surface area (Å²) >= 11 is 5.95. The molecule has 0 atom stereocenters. The molecule has 0 aliphatic rings. The molecule has 0 fully saturated rings. The Hall–Kier alpha value is -2.11. The van der Waals surface area contributed by atoms with Crippen LogP contribution in [0.25, 0.3) is 0 Å². The summed E-state index contributed by atoms with van der Waals surface area (Å²) in [6.07, 6.45) is 0. The van der Waals surface area contributed by atoms with Crippen LogP contribution in [0.15, 0.2) is 48.5 Å². The van der Waals surface area contributed by atoms with Crippen molar-refractivity contribution in [1.82, 2.24) is 0 Å². The molecular formula is C14H8ClNO. The van der Waals surface area contributed by atoms with E-state index in [-0.39, 0.29) is 5.78 Å². The Balaban J connectivity index is 2.38. The lowest BCUT2D eigenvalue weighted by Gasteiger charge is -2.03. The van der Waals surface area contributed by atoms with Crippen molar-refractivity contribution in [3.05, 3.63) is 70.2 Å². The van der Waals surface area contributed by atoms with Gasteiger partial charge in [-0.25, -0.2) is 0 Å². The number of ketones is 1. The van der Waals surface area contributed by atoms with Crippen LogP contribution < -0.4 is 0 Å². The van der Waals surface area contributed by atoms with E-state index in [1.165, 1.54) is 0 Å². The minimum absolute atomic E-state index is 0.139. The minimum Gasteiger partial charge on any atom is -0.289 e. The van der Waals surface area contributed by atoms with Crippen LogP contribution in [0.5, 0.6) is 0 Å². The molecule has 0 amide bonds. The van der Waals surface area contributed by atoms with Gasteiger partial charge in [-0.05, 0) is 36.4 Å². The zero-order chi connectivity index (χ0) is 12.3. The van der Waals surface area contributed by atoms with Gasteiger partial charge in [-0.3, -0.25) is 4.79 Å². The Morgan fingerprint density at radius 3 is 2.29 bits per heavy atom. The normalized spacial score (nSPS) is 9.65. The van der Waals surface area contributed by atoms with Gasteiger partial charge in [0.25, 0.3) is 0 Å². The van der Waals surface area contributed by atoms with Crippen molar-refractivity contribution in [2.24, 2.45) is 0 Å². The maximum atomic E-state index is 12.1. The molecule has 82 valence electrons. The number of hydrogen-bond acceptors (Lipinski definition) is 2. The van der Waals surface area contributed by atoms with Gasteiger partial charge in [-0.1, -0.05) is 23.7 Å². The SMILES string of the molecule is N#Cc1ccc(C(=O)c2ccccc2Cl)cc1. The Bertz CT molecular complexity index is 596. The van der Waals surface area contributed by atoms with Gasteiger partial charge in [0.15, 0.2) is 5.78 Å². The van der Waals surface area contributed by atoms with Gasteiger partial charge in [-0.15, -0.1) is 0 Å². The van der Waals surface area contributed by atoms with Crippen LogP contribution in [0.2, 0.25) is 5.02 Å². The molecule has 0 saturated carbocycles. The first kappa shape index (κ1) is 11.4. The molecule has 17 heavy (non-hydrogen) atoms. The summed E-state index contributed by atoms with van der Waals surface area (Å²) < 4.78 is 0. The lowest BCUT2D eigenvalue weighted by molar-refractivity contribution is 0.103. The van der Waals surface area contributed by atoms with Crippen molar-refractivity contribution >= 4 is 17.4 Å². The van der Waals surface area contributed by atoms with Crippen LogP contribution >= 0.6 is 11.6 Å². The van der Waals surface area contributed by atoms with Crippen LogP contribution in [0.4, 0.5) is 0 Å². The van der Waals surface area contributed by atoms with E-state index in [0.29, 0.717) is 21.7 Å². The number of carbonyl (C=O) groups excluding carboxylic acids is 1. The van der Waals surface area contributed by atoms with Crippen molar-refractivity contribution in [2.75, 3.05) is 0 Å². The zero-order valence-electron chi connectivity index (χ0n) is 8.85. The number of nitriles is 1. The van der Waals surface area contributed by atoms with Gasteiger partial charge in [0.1, 0.15) is 0 Å². The molecule has 2 aromatic rings. The molecule has 0 aliphatic carbocycles. The van der Waals surface area contributed by atoms with Gasteiger partial charge >= 0.3 is 0 Å². The Morgan fingerprint density at radius 1 is 1.06 bits per heavy atom. The second-order valence-electron chi connectivity index (χ2n) is 3.50. The molecular weight excluding hydrogens is 234 g/mol. The second-order valence-corrected chi connectivity index (χ2v) is 3.91. The molecule has 0 heterocycles. The van der Waals surface area contributed by atoms with Crippen LogP contribution in [-0.2, 0) is 0 Å². The zero-order valence-corrected chi connectivity index (χ0v) is 9.61. The highest BCUT2D eigenvalue weighted by molar-refractivity contribution is 6.34. The Morgan fingerprint density at radius 2 is 1.71 bits per heavy atom. The van der Waals surface area contributed by atoms with Crippen molar-refractivity contribution in [2.45, 2.75) is 0 Å². The molecule has 0 unspecified atom stereocenters. The van der Waals surface area contributed by atoms with Crippen LogP contribution in [0.1, 0.15) is 21.5 Å². The van der Waals surface area contributed by atoms with Crippen molar-refractivity contribution < 1.29 is 4.79 Å². The molecule has 2 rings (SSSR count). The van der Waals surface area contributed by atoms with Crippen LogP contribution in [0, 0.1) is 11.3 Å². The van der Waals surface area contributed by atoms with Crippen LogP contribution in [0.3, 0.4) is 0 Å². The number of nitrogens with zero attached hydrogens (tertiary/aromatic N) is 1. The van der Waals surface area contributed by atoms with Gasteiger partial charge in [0.05, 0.1) is 16.7 Å². The van der Waals surface area contributed by atoms with Crippen molar-refractivity contribution in [3.8, 4) is 6.07 Å². The Labute approximate surface area is 104 Å². The Kier molecular flexibility index (Phi) is 3.22. The number of hydrogen-bond donors (Lipinski definition) is 0. The summed E-state index contributed by atoms with van der Waals surface area (Å²) in [6.45, 7) is 0. The lowest BCUT2D eigenvalue weighted by atomic mass is 10.0. The van der Waals surface area contributed by atoms with Crippen LogP contribution in [-0.4, -0.2) is 5.78 Å². The fourth-order valence-corrected chi connectivity index (χ4v) is 1.72. The third-order valence-electron chi connectivity index (χ3n) is 2.39. The highest BCUT2D eigenvalue weighted by Crippen LogP contribution is 2.19. The fraction of sp³-hybridized carbons (Fsp3) is 0. The van der Waals surface area contributed by atoms with E-state index in [0.717, 1.165) is 0 Å². The summed E-state index contributed by atoms with van der Waals surface area (Å²) in [4.78, 5) is 12.1. The predicted molar refractivity (Wildman–Crippen MR) is 66.0 cm³/mol. The number of halogens is 1. The largest absolute Gasteiger partial charge is 0.289 e. The average molecular weight is 242 g/mol. The molecule has 0 aromatic heterocycles. The van der Waals surface area contributed by atoms with Gasteiger partial charge < -0.3 is 0 Å². The smallest absolute Gasteiger partial charge is 0.194 e. The van der Waals surface area contributed by atoms with Crippen molar-refractivity contribution in [1.29, 1.82) is 5.26 Å². The highest BCUT2D eigenvalue weighted by Gasteiger charge is 2.11. The molecule has 0 spiro atoms. The summed E-state index contributed by atoms with van der Waals surface area (Å²) in [5, 5.41) is 9.10. The van der Waals surface area contributed by atoms with E-state index in [4.69, 9.17) is 16.9 Å². The van der Waals surface area contributed by atoms with Gasteiger partial charge in [0, 0.05) is 11.1 Å². The summed E-state index contributed by atoms with van der Waals surface area (Å²) in [7, 11) is 0. The number of carbonyl (C=O) groups is 1. The molecule has 0 N–H and O–H groups in total. The van der Waals surface area contributed by atoms with E-state index >= 15 is 0 Å². The first-order valence-corrected chi connectivity index (χ1v) is 5.39. The second kappa shape index (κ2) is 4.82. The lowest BCUT2D eigenvalue weighted by Crippen LogP contribution is -2.01. The fourth-order valence-electron chi connectivity index (χ4n) is 1.50. The van der Waals surface area contributed by atoms with Gasteiger partial charge in [-0.2, -0.15) is 5.26 Å². The molecule has 0 aliphatic heterocycles.